The predicted octanol–water partition coefficient (Wildman–Crippen LogP) is 1.86. The lowest BCUT2D eigenvalue weighted by Crippen LogP contribution is -2.47. The Kier molecular flexibility index (Phi) is 5.33. The van der Waals surface area contributed by atoms with Crippen LogP contribution in [0, 0.1) is 17.8 Å². The Morgan fingerprint density at radius 1 is 1.18 bits per heavy atom. The Morgan fingerprint density at radius 2 is 2.00 bits per heavy atom. The minimum atomic E-state index is -0.660. The second-order valence-electron chi connectivity index (χ2n) is 6.98. The number of hydrogen-bond acceptors (Lipinski definition) is 5. The standard InChI is InChI=1S/C16H28N2O4/c1-21-13-8-3-2-7-12(13)15-17-14(18-22-15)10-5-4-6-11(9-10)16(19)20/h10-15,17-18H,2-9H2,1H3,(H,19,20). The van der Waals surface area contributed by atoms with Gasteiger partial charge in [0.25, 0.3) is 0 Å². The van der Waals surface area contributed by atoms with Gasteiger partial charge in [-0.2, -0.15) is 5.48 Å². The summed E-state index contributed by atoms with van der Waals surface area (Å²) < 4.78 is 5.62. The van der Waals surface area contributed by atoms with Gasteiger partial charge < -0.3 is 9.84 Å². The molecule has 22 heavy (non-hydrogen) atoms. The summed E-state index contributed by atoms with van der Waals surface area (Å²) in [6.07, 6.45) is 8.52. The van der Waals surface area contributed by atoms with Gasteiger partial charge in [-0.05, 0) is 38.0 Å². The third-order valence-corrected chi connectivity index (χ3v) is 5.65. The van der Waals surface area contributed by atoms with Crippen LogP contribution >= 0.6 is 0 Å². The van der Waals surface area contributed by atoms with E-state index in [1.807, 2.05) is 0 Å². The lowest BCUT2D eigenvalue weighted by Gasteiger charge is -2.34. The second-order valence-corrected chi connectivity index (χ2v) is 6.98. The molecular weight excluding hydrogens is 284 g/mol. The van der Waals surface area contributed by atoms with Crippen molar-refractivity contribution in [2.24, 2.45) is 17.8 Å². The zero-order valence-electron chi connectivity index (χ0n) is 13.3. The number of hydrogen-bond donors (Lipinski definition) is 3. The molecule has 6 unspecified atom stereocenters. The molecule has 3 rings (SSSR count). The Hall–Kier alpha value is -0.690. The van der Waals surface area contributed by atoms with Crippen LogP contribution in [0.2, 0.25) is 0 Å². The van der Waals surface area contributed by atoms with Gasteiger partial charge in [0.2, 0.25) is 0 Å². The molecule has 1 saturated heterocycles. The van der Waals surface area contributed by atoms with Crippen molar-refractivity contribution in [3.05, 3.63) is 0 Å². The fourth-order valence-electron chi connectivity index (χ4n) is 4.35. The highest BCUT2D eigenvalue weighted by Crippen LogP contribution is 2.35. The van der Waals surface area contributed by atoms with Crippen molar-refractivity contribution < 1.29 is 19.5 Å². The van der Waals surface area contributed by atoms with E-state index in [1.54, 1.807) is 7.11 Å². The van der Waals surface area contributed by atoms with Crippen LogP contribution in [0.4, 0.5) is 0 Å². The third-order valence-electron chi connectivity index (χ3n) is 5.65. The average Bonchev–Trinajstić information content (AvgIpc) is 3.04. The molecule has 1 heterocycles. The van der Waals surface area contributed by atoms with Crippen LogP contribution in [-0.2, 0) is 14.4 Å². The van der Waals surface area contributed by atoms with E-state index in [4.69, 9.17) is 9.57 Å². The molecule has 0 aromatic rings. The number of nitrogens with one attached hydrogen (secondary N) is 2. The summed E-state index contributed by atoms with van der Waals surface area (Å²) in [6.45, 7) is 0. The first kappa shape index (κ1) is 16.2. The van der Waals surface area contributed by atoms with Crippen molar-refractivity contribution >= 4 is 5.97 Å². The lowest BCUT2D eigenvalue weighted by molar-refractivity contribution is -0.143. The van der Waals surface area contributed by atoms with Gasteiger partial charge >= 0.3 is 5.97 Å². The maximum Gasteiger partial charge on any atom is 0.306 e. The first-order valence-corrected chi connectivity index (χ1v) is 8.62. The Morgan fingerprint density at radius 3 is 2.77 bits per heavy atom. The molecule has 0 aromatic heterocycles. The number of hydroxylamine groups is 1. The van der Waals surface area contributed by atoms with Crippen LogP contribution in [0.25, 0.3) is 0 Å². The number of methoxy groups -OCH3 is 1. The molecule has 0 aromatic carbocycles. The average molecular weight is 312 g/mol. The first-order valence-electron chi connectivity index (χ1n) is 8.62. The van der Waals surface area contributed by atoms with E-state index >= 15 is 0 Å². The molecular formula is C16H28N2O4. The third kappa shape index (κ3) is 3.45. The minimum absolute atomic E-state index is 0.0274. The number of carbonyl (C=O) groups is 1. The Labute approximate surface area is 131 Å². The maximum absolute atomic E-state index is 11.2. The molecule has 3 N–H and O–H groups in total. The number of aliphatic carboxylic acids is 1. The smallest absolute Gasteiger partial charge is 0.306 e. The van der Waals surface area contributed by atoms with Crippen LogP contribution in [0.15, 0.2) is 0 Å². The fraction of sp³-hybridized carbons (Fsp3) is 0.938. The van der Waals surface area contributed by atoms with E-state index in [0.717, 1.165) is 38.5 Å². The zero-order chi connectivity index (χ0) is 15.5. The van der Waals surface area contributed by atoms with Gasteiger partial charge in [0.15, 0.2) is 0 Å². The summed E-state index contributed by atoms with van der Waals surface area (Å²) in [7, 11) is 1.78. The van der Waals surface area contributed by atoms with E-state index < -0.39 is 5.97 Å². The summed E-state index contributed by atoms with van der Waals surface area (Å²) >= 11 is 0. The highest BCUT2D eigenvalue weighted by Gasteiger charge is 2.41. The summed E-state index contributed by atoms with van der Waals surface area (Å²) in [6, 6.07) is 0. The molecule has 0 bridgehead atoms. The van der Waals surface area contributed by atoms with Crippen molar-refractivity contribution in [2.75, 3.05) is 7.11 Å². The normalized spacial score (nSPS) is 43.1. The van der Waals surface area contributed by atoms with Crippen LogP contribution in [0.1, 0.15) is 51.4 Å². The van der Waals surface area contributed by atoms with E-state index in [2.05, 4.69) is 10.8 Å². The van der Waals surface area contributed by atoms with Crippen molar-refractivity contribution in [1.82, 2.24) is 10.8 Å². The molecule has 1 aliphatic heterocycles. The Balaban J connectivity index is 1.56. The van der Waals surface area contributed by atoms with Crippen molar-refractivity contribution in [1.29, 1.82) is 0 Å². The summed E-state index contributed by atoms with van der Waals surface area (Å²) in [5, 5.41) is 12.8. The Bertz CT molecular complexity index is 392. The monoisotopic (exact) mass is 312 g/mol. The number of carboxylic acids is 1. The molecule has 0 amide bonds. The van der Waals surface area contributed by atoms with Gasteiger partial charge in [0.1, 0.15) is 6.23 Å². The summed E-state index contributed by atoms with van der Waals surface area (Å²) in [5.74, 6) is -0.172. The molecule has 0 spiro atoms. The van der Waals surface area contributed by atoms with Gasteiger partial charge in [0.05, 0.1) is 18.2 Å². The van der Waals surface area contributed by atoms with Crippen LogP contribution < -0.4 is 10.8 Å². The SMILES string of the molecule is COC1CCCCC1C1NC(C2CCCC(C(=O)O)C2)NO1. The molecule has 126 valence electrons. The molecule has 3 fully saturated rings. The largest absolute Gasteiger partial charge is 0.481 e. The van der Waals surface area contributed by atoms with Crippen LogP contribution in [0.5, 0.6) is 0 Å². The summed E-state index contributed by atoms with van der Waals surface area (Å²) in [5.41, 5.74) is 3.12. The van der Waals surface area contributed by atoms with Gasteiger partial charge in [-0.1, -0.05) is 19.3 Å². The van der Waals surface area contributed by atoms with E-state index in [1.165, 1.54) is 12.8 Å². The summed E-state index contributed by atoms with van der Waals surface area (Å²) in [4.78, 5) is 17.0. The number of rotatable bonds is 4. The fourth-order valence-corrected chi connectivity index (χ4v) is 4.35. The maximum atomic E-state index is 11.2. The lowest BCUT2D eigenvalue weighted by atomic mass is 9.79. The van der Waals surface area contributed by atoms with E-state index in [-0.39, 0.29) is 24.4 Å². The zero-order valence-corrected chi connectivity index (χ0v) is 13.3. The molecule has 3 aliphatic rings. The molecule has 2 saturated carbocycles. The minimum Gasteiger partial charge on any atom is -0.481 e. The highest BCUT2D eigenvalue weighted by molar-refractivity contribution is 5.70. The topological polar surface area (TPSA) is 79.8 Å². The van der Waals surface area contributed by atoms with Crippen LogP contribution in [0.3, 0.4) is 0 Å². The highest BCUT2D eigenvalue weighted by atomic mass is 16.7. The van der Waals surface area contributed by atoms with Crippen molar-refractivity contribution in [3.63, 3.8) is 0 Å². The molecule has 6 atom stereocenters. The van der Waals surface area contributed by atoms with Gasteiger partial charge in [-0.15, -0.1) is 0 Å². The first-order chi connectivity index (χ1) is 10.7. The second kappa shape index (κ2) is 7.25. The van der Waals surface area contributed by atoms with E-state index in [0.29, 0.717) is 11.8 Å². The molecule has 0 radical (unpaired) electrons. The number of carboxylic acid groups (broad SMARTS) is 1. The number of ether oxygens (including phenoxy) is 1. The van der Waals surface area contributed by atoms with Crippen molar-refractivity contribution in [2.45, 2.75) is 69.9 Å². The molecule has 2 aliphatic carbocycles. The van der Waals surface area contributed by atoms with Crippen molar-refractivity contribution in [3.8, 4) is 0 Å². The van der Waals surface area contributed by atoms with E-state index in [9.17, 15) is 9.90 Å². The quantitative estimate of drug-likeness (QED) is 0.735. The van der Waals surface area contributed by atoms with Gasteiger partial charge in [0, 0.05) is 13.0 Å². The van der Waals surface area contributed by atoms with Gasteiger partial charge in [-0.3, -0.25) is 14.9 Å². The van der Waals surface area contributed by atoms with Crippen LogP contribution in [-0.4, -0.2) is 36.7 Å². The van der Waals surface area contributed by atoms with Gasteiger partial charge in [-0.25, -0.2) is 0 Å². The molecule has 6 heteroatoms. The predicted molar refractivity (Wildman–Crippen MR) is 80.8 cm³/mol. The molecule has 6 nitrogen and oxygen atoms in total.